The lowest BCUT2D eigenvalue weighted by molar-refractivity contribution is -0.121. The zero-order valence-corrected chi connectivity index (χ0v) is 11.9. The second-order valence-corrected chi connectivity index (χ2v) is 5.40. The molecule has 5 heteroatoms. The van der Waals surface area contributed by atoms with Gasteiger partial charge in [0.15, 0.2) is 0 Å². The van der Waals surface area contributed by atoms with E-state index in [2.05, 4.69) is 5.32 Å². The van der Waals surface area contributed by atoms with Crippen LogP contribution in [-0.4, -0.2) is 12.5 Å². The number of fused-ring (bicyclic) bond motifs is 1. The molecule has 0 unspecified atom stereocenters. The van der Waals surface area contributed by atoms with Gasteiger partial charge in [0.25, 0.3) is 0 Å². The van der Waals surface area contributed by atoms with E-state index in [1.807, 2.05) is 12.1 Å². The van der Waals surface area contributed by atoms with Crippen LogP contribution in [0.3, 0.4) is 0 Å². The van der Waals surface area contributed by atoms with E-state index in [0.717, 1.165) is 11.3 Å². The van der Waals surface area contributed by atoms with E-state index in [1.165, 1.54) is 24.3 Å². The number of amides is 1. The summed E-state index contributed by atoms with van der Waals surface area (Å²) in [6, 6.07) is 11.1. The number of hydrogen-bond acceptors (Lipinski definition) is 2. The van der Waals surface area contributed by atoms with Crippen LogP contribution in [0.5, 0.6) is 5.75 Å². The summed E-state index contributed by atoms with van der Waals surface area (Å²) >= 11 is 5.96. The minimum atomic E-state index is -0.336. The molecule has 1 amide bonds. The molecular weight excluding hydrogens is 293 g/mol. The molecule has 2 aromatic carbocycles. The van der Waals surface area contributed by atoms with Crippen molar-refractivity contribution in [3.8, 4) is 5.75 Å². The molecule has 3 rings (SSSR count). The molecule has 1 aliphatic rings. The Labute approximate surface area is 126 Å². The highest BCUT2D eigenvalue weighted by atomic mass is 35.5. The smallest absolute Gasteiger partial charge is 0.231 e. The summed E-state index contributed by atoms with van der Waals surface area (Å²) in [5, 5.41) is 3.39. The monoisotopic (exact) mass is 305 g/mol. The summed E-state index contributed by atoms with van der Waals surface area (Å²) in [6.45, 7) is 0.321. The topological polar surface area (TPSA) is 38.3 Å². The van der Waals surface area contributed by atoms with Crippen LogP contribution in [0.2, 0.25) is 5.02 Å². The van der Waals surface area contributed by atoms with Crippen LogP contribution in [-0.2, 0) is 11.2 Å². The molecule has 1 atom stereocenters. The van der Waals surface area contributed by atoms with E-state index < -0.39 is 0 Å². The van der Waals surface area contributed by atoms with Gasteiger partial charge in [0.2, 0.25) is 5.91 Å². The number of carbonyl (C=O) groups excluding carboxylic acids is 1. The second kappa shape index (κ2) is 5.74. The number of nitrogens with one attached hydrogen (secondary N) is 1. The van der Waals surface area contributed by atoms with Gasteiger partial charge in [-0.2, -0.15) is 0 Å². The minimum absolute atomic E-state index is 0.146. The predicted octanol–water partition coefficient (Wildman–Crippen LogP) is 3.67. The molecule has 108 valence electrons. The van der Waals surface area contributed by atoms with Crippen LogP contribution in [0.1, 0.15) is 5.56 Å². The molecule has 21 heavy (non-hydrogen) atoms. The SMILES string of the molecule is O=C(Nc1ccc(F)cc1)[C@H]1COc2ccc(Cl)cc2C1. The van der Waals surface area contributed by atoms with E-state index in [9.17, 15) is 9.18 Å². The molecule has 2 aromatic rings. The maximum absolute atomic E-state index is 12.8. The Morgan fingerprint density at radius 2 is 2.00 bits per heavy atom. The van der Waals surface area contributed by atoms with Crippen LogP contribution < -0.4 is 10.1 Å². The molecule has 0 bridgehead atoms. The van der Waals surface area contributed by atoms with E-state index in [1.54, 1.807) is 6.07 Å². The first kappa shape index (κ1) is 13.9. The average molecular weight is 306 g/mol. The maximum Gasteiger partial charge on any atom is 0.231 e. The van der Waals surface area contributed by atoms with Crippen LogP contribution in [0, 0.1) is 11.7 Å². The lowest BCUT2D eigenvalue weighted by atomic mass is 9.96. The van der Waals surface area contributed by atoms with Crippen molar-refractivity contribution in [3.05, 3.63) is 58.9 Å². The van der Waals surface area contributed by atoms with Gasteiger partial charge in [0.1, 0.15) is 18.2 Å². The van der Waals surface area contributed by atoms with Crippen LogP contribution in [0.4, 0.5) is 10.1 Å². The molecule has 0 aromatic heterocycles. The third-order valence-corrected chi connectivity index (χ3v) is 3.65. The highest BCUT2D eigenvalue weighted by Gasteiger charge is 2.26. The summed E-state index contributed by atoms with van der Waals surface area (Å²) in [5.41, 5.74) is 1.49. The van der Waals surface area contributed by atoms with Gasteiger partial charge in [0.05, 0.1) is 5.92 Å². The van der Waals surface area contributed by atoms with Crippen molar-refractivity contribution in [1.82, 2.24) is 0 Å². The zero-order chi connectivity index (χ0) is 14.8. The van der Waals surface area contributed by atoms with Crippen molar-refractivity contribution in [3.63, 3.8) is 0 Å². The normalized spacial score (nSPS) is 16.8. The van der Waals surface area contributed by atoms with Gasteiger partial charge in [-0.1, -0.05) is 11.6 Å². The molecule has 0 saturated carbocycles. The summed E-state index contributed by atoms with van der Waals surface area (Å²) in [5.74, 6) is -0.00365. The van der Waals surface area contributed by atoms with Crippen molar-refractivity contribution in [1.29, 1.82) is 0 Å². The second-order valence-electron chi connectivity index (χ2n) is 4.96. The first-order valence-electron chi connectivity index (χ1n) is 6.59. The summed E-state index contributed by atoms with van der Waals surface area (Å²) in [6.07, 6.45) is 0.572. The van der Waals surface area contributed by atoms with Gasteiger partial charge < -0.3 is 10.1 Å². The molecule has 0 saturated heterocycles. The van der Waals surface area contributed by atoms with Gasteiger partial charge in [-0.05, 0) is 54.4 Å². The van der Waals surface area contributed by atoms with Crippen molar-refractivity contribution in [2.75, 3.05) is 11.9 Å². The molecule has 0 aliphatic carbocycles. The number of anilines is 1. The van der Waals surface area contributed by atoms with Gasteiger partial charge >= 0.3 is 0 Å². The number of ether oxygens (including phenoxy) is 1. The standard InChI is InChI=1S/C16H13ClFNO2/c17-12-1-6-15-10(8-12)7-11(9-21-15)16(20)19-14-4-2-13(18)3-5-14/h1-6,8,11H,7,9H2,(H,19,20)/t11-/m1/s1. The summed E-state index contributed by atoms with van der Waals surface area (Å²) < 4.78 is 18.4. The quantitative estimate of drug-likeness (QED) is 0.919. The van der Waals surface area contributed by atoms with Gasteiger partial charge in [-0.15, -0.1) is 0 Å². The predicted molar refractivity (Wildman–Crippen MR) is 79.2 cm³/mol. The van der Waals surface area contributed by atoms with E-state index >= 15 is 0 Å². The van der Waals surface area contributed by atoms with E-state index in [0.29, 0.717) is 23.7 Å². The maximum atomic E-state index is 12.8. The van der Waals surface area contributed by atoms with Crippen LogP contribution in [0.15, 0.2) is 42.5 Å². The number of rotatable bonds is 2. The Morgan fingerprint density at radius 3 is 2.76 bits per heavy atom. The largest absolute Gasteiger partial charge is 0.492 e. The molecule has 1 N–H and O–H groups in total. The molecule has 0 fully saturated rings. The molecular formula is C16H13ClFNO2. The molecule has 3 nitrogen and oxygen atoms in total. The third-order valence-electron chi connectivity index (χ3n) is 3.41. The molecule has 1 heterocycles. The zero-order valence-electron chi connectivity index (χ0n) is 11.1. The fourth-order valence-electron chi connectivity index (χ4n) is 2.31. The molecule has 1 aliphatic heterocycles. The lowest BCUT2D eigenvalue weighted by Crippen LogP contribution is -2.32. The fraction of sp³-hybridized carbons (Fsp3) is 0.188. The number of benzene rings is 2. The number of carbonyl (C=O) groups is 1. The summed E-state index contributed by atoms with van der Waals surface area (Å²) in [4.78, 5) is 12.2. The van der Waals surface area contributed by atoms with Crippen molar-refractivity contribution in [2.45, 2.75) is 6.42 Å². The Balaban J connectivity index is 1.70. The Morgan fingerprint density at radius 1 is 1.24 bits per heavy atom. The van der Waals surface area contributed by atoms with Gasteiger partial charge in [-0.3, -0.25) is 4.79 Å². The Kier molecular flexibility index (Phi) is 3.80. The molecule has 0 spiro atoms. The fourth-order valence-corrected chi connectivity index (χ4v) is 2.50. The first-order valence-corrected chi connectivity index (χ1v) is 6.97. The highest BCUT2D eigenvalue weighted by Crippen LogP contribution is 2.30. The lowest BCUT2D eigenvalue weighted by Gasteiger charge is -2.24. The van der Waals surface area contributed by atoms with Crippen molar-refractivity contribution >= 4 is 23.2 Å². The highest BCUT2D eigenvalue weighted by molar-refractivity contribution is 6.30. The third kappa shape index (κ3) is 3.16. The van der Waals surface area contributed by atoms with Crippen molar-refractivity contribution < 1.29 is 13.9 Å². The van der Waals surface area contributed by atoms with Crippen LogP contribution >= 0.6 is 11.6 Å². The van der Waals surface area contributed by atoms with E-state index in [4.69, 9.17) is 16.3 Å². The minimum Gasteiger partial charge on any atom is -0.492 e. The van der Waals surface area contributed by atoms with Crippen molar-refractivity contribution in [2.24, 2.45) is 5.92 Å². The Bertz CT molecular complexity index is 672. The Hall–Kier alpha value is -2.07. The number of halogens is 2. The summed E-state index contributed by atoms with van der Waals surface area (Å²) in [7, 11) is 0. The first-order chi connectivity index (χ1) is 10.1. The van der Waals surface area contributed by atoms with E-state index in [-0.39, 0.29) is 17.6 Å². The number of hydrogen-bond donors (Lipinski definition) is 1. The van der Waals surface area contributed by atoms with Crippen LogP contribution in [0.25, 0.3) is 0 Å². The molecule has 0 radical (unpaired) electrons. The van der Waals surface area contributed by atoms with Gasteiger partial charge in [-0.25, -0.2) is 4.39 Å². The average Bonchev–Trinajstić information content (AvgIpc) is 2.48. The van der Waals surface area contributed by atoms with Gasteiger partial charge in [0, 0.05) is 10.7 Å².